The summed E-state index contributed by atoms with van der Waals surface area (Å²) in [5, 5.41) is 2.34. The molecule has 2 aromatic rings. The lowest BCUT2D eigenvalue weighted by Gasteiger charge is -2.08. The van der Waals surface area contributed by atoms with Crippen molar-refractivity contribution in [2.24, 2.45) is 0 Å². The Balaban J connectivity index is 1.86. The minimum atomic E-state index is -0.634. The molecule has 0 aromatic heterocycles. The fourth-order valence-corrected chi connectivity index (χ4v) is 2.02. The molecule has 0 aliphatic heterocycles. The molecule has 2 aromatic carbocycles. The highest BCUT2D eigenvalue weighted by Gasteiger charge is 2.11. The molecule has 0 heterocycles. The number of esters is 1. The fraction of sp³-hybridized carbons (Fsp3) is 0.176. The topological polar surface area (TPSA) is 64.6 Å². The van der Waals surface area contributed by atoms with Gasteiger partial charge >= 0.3 is 5.97 Å². The summed E-state index contributed by atoms with van der Waals surface area (Å²) in [6.45, 7) is 1.91. The smallest absolute Gasteiger partial charge is 0.338 e. The Morgan fingerprint density at radius 2 is 1.88 bits per heavy atom. The molecule has 0 aliphatic carbocycles. The Hall–Kier alpha value is -2.60. The fourth-order valence-electron chi connectivity index (χ4n) is 1.84. The molecular formula is C17H15ClFNO4. The standard InChI is InChI=1S/C17H15ClFNO4/c1-2-23-13-6-3-11(4-7-13)17(22)24-10-16(21)20-12-5-8-15(19)14(18)9-12/h3-9H,2,10H2,1H3,(H,20,21). The second kappa shape index (κ2) is 8.31. The normalized spacial score (nSPS) is 10.1. The summed E-state index contributed by atoms with van der Waals surface area (Å²) in [6, 6.07) is 10.1. The van der Waals surface area contributed by atoms with E-state index in [-0.39, 0.29) is 5.02 Å². The minimum absolute atomic E-state index is 0.112. The van der Waals surface area contributed by atoms with Crippen LogP contribution >= 0.6 is 11.6 Å². The van der Waals surface area contributed by atoms with Gasteiger partial charge in [0.25, 0.3) is 5.91 Å². The molecule has 5 nitrogen and oxygen atoms in total. The zero-order valence-electron chi connectivity index (χ0n) is 12.8. The van der Waals surface area contributed by atoms with E-state index < -0.39 is 24.3 Å². The van der Waals surface area contributed by atoms with E-state index in [9.17, 15) is 14.0 Å². The van der Waals surface area contributed by atoms with Crippen molar-refractivity contribution in [2.75, 3.05) is 18.5 Å². The molecule has 0 bridgehead atoms. The summed E-state index contributed by atoms with van der Waals surface area (Å²) in [6.07, 6.45) is 0. The van der Waals surface area contributed by atoms with Crippen molar-refractivity contribution in [1.29, 1.82) is 0 Å². The van der Waals surface area contributed by atoms with Crippen LogP contribution < -0.4 is 10.1 Å². The molecular weight excluding hydrogens is 337 g/mol. The number of hydrogen-bond acceptors (Lipinski definition) is 4. The Kier molecular flexibility index (Phi) is 6.14. The van der Waals surface area contributed by atoms with Gasteiger partial charge in [0.2, 0.25) is 0 Å². The Morgan fingerprint density at radius 3 is 2.50 bits per heavy atom. The van der Waals surface area contributed by atoms with Gasteiger partial charge in [-0.1, -0.05) is 11.6 Å². The van der Waals surface area contributed by atoms with E-state index in [0.29, 0.717) is 23.6 Å². The Bertz CT molecular complexity index is 734. The third-order valence-electron chi connectivity index (χ3n) is 2.94. The number of benzene rings is 2. The Labute approximate surface area is 143 Å². The molecule has 0 saturated carbocycles. The molecule has 2 rings (SSSR count). The largest absolute Gasteiger partial charge is 0.494 e. The average molecular weight is 352 g/mol. The second-order valence-electron chi connectivity index (χ2n) is 4.71. The first-order valence-electron chi connectivity index (χ1n) is 7.14. The first kappa shape index (κ1) is 17.7. The van der Waals surface area contributed by atoms with E-state index in [1.54, 1.807) is 24.3 Å². The number of hydrogen-bond donors (Lipinski definition) is 1. The maximum absolute atomic E-state index is 13.0. The highest BCUT2D eigenvalue weighted by atomic mass is 35.5. The van der Waals surface area contributed by atoms with Gasteiger partial charge in [-0.2, -0.15) is 0 Å². The molecule has 126 valence electrons. The van der Waals surface area contributed by atoms with Gasteiger partial charge < -0.3 is 14.8 Å². The summed E-state index contributed by atoms with van der Waals surface area (Å²) in [5.74, 6) is -1.14. The van der Waals surface area contributed by atoms with E-state index in [1.807, 2.05) is 6.92 Å². The molecule has 0 saturated heterocycles. The monoisotopic (exact) mass is 351 g/mol. The molecule has 24 heavy (non-hydrogen) atoms. The van der Waals surface area contributed by atoms with Crippen LogP contribution in [0.25, 0.3) is 0 Å². The first-order chi connectivity index (χ1) is 11.5. The van der Waals surface area contributed by atoms with Crippen molar-refractivity contribution < 1.29 is 23.5 Å². The summed E-state index contributed by atoms with van der Waals surface area (Å²) in [7, 11) is 0. The lowest BCUT2D eigenvalue weighted by Crippen LogP contribution is -2.20. The van der Waals surface area contributed by atoms with Crippen molar-refractivity contribution >= 4 is 29.2 Å². The molecule has 0 unspecified atom stereocenters. The highest BCUT2D eigenvalue weighted by molar-refractivity contribution is 6.31. The van der Waals surface area contributed by atoms with Crippen LogP contribution in [0, 0.1) is 5.82 Å². The van der Waals surface area contributed by atoms with Crippen molar-refractivity contribution in [3.63, 3.8) is 0 Å². The van der Waals surface area contributed by atoms with Gasteiger partial charge in [0, 0.05) is 5.69 Å². The number of carbonyl (C=O) groups is 2. The van der Waals surface area contributed by atoms with Crippen LogP contribution in [0.1, 0.15) is 17.3 Å². The van der Waals surface area contributed by atoms with Crippen molar-refractivity contribution in [3.8, 4) is 5.75 Å². The molecule has 1 amide bonds. The Morgan fingerprint density at radius 1 is 1.17 bits per heavy atom. The molecule has 0 radical (unpaired) electrons. The van der Waals surface area contributed by atoms with E-state index in [2.05, 4.69) is 5.32 Å². The number of halogens is 2. The average Bonchev–Trinajstić information content (AvgIpc) is 2.57. The molecule has 7 heteroatoms. The van der Waals surface area contributed by atoms with Gasteiger partial charge in [0.15, 0.2) is 6.61 Å². The molecule has 1 N–H and O–H groups in total. The number of rotatable bonds is 6. The number of amides is 1. The predicted molar refractivity (Wildman–Crippen MR) is 87.9 cm³/mol. The summed E-state index contributed by atoms with van der Waals surface area (Å²) in [4.78, 5) is 23.6. The van der Waals surface area contributed by atoms with Crippen LogP contribution in [-0.4, -0.2) is 25.1 Å². The number of nitrogens with one attached hydrogen (secondary N) is 1. The number of carbonyl (C=O) groups excluding carboxylic acids is 2. The first-order valence-corrected chi connectivity index (χ1v) is 7.52. The van der Waals surface area contributed by atoms with E-state index in [1.165, 1.54) is 12.1 Å². The third-order valence-corrected chi connectivity index (χ3v) is 3.23. The summed E-state index contributed by atoms with van der Waals surface area (Å²) < 4.78 is 23.2. The number of ether oxygens (including phenoxy) is 2. The van der Waals surface area contributed by atoms with Gasteiger partial charge in [0.1, 0.15) is 11.6 Å². The van der Waals surface area contributed by atoms with Crippen LogP contribution in [0.4, 0.5) is 10.1 Å². The lowest BCUT2D eigenvalue weighted by molar-refractivity contribution is -0.119. The highest BCUT2D eigenvalue weighted by Crippen LogP contribution is 2.19. The van der Waals surface area contributed by atoms with Crippen molar-refractivity contribution in [1.82, 2.24) is 0 Å². The molecule has 0 spiro atoms. The summed E-state index contributed by atoms with van der Waals surface area (Å²) in [5.41, 5.74) is 0.611. The quantitative estimate of drug-likeness (QED) is 0.806. The van der Waals surface area contributed by atoms with Gasteiger partial charge in [-0.3, -0.25) is 4.79 Å². The lowest BCUT2D eigenvalue weighted by atomic mass is 10.2. The van der Waals surface area contributed by atoms with E-state index >= 15 is 0 Å². The zero-order chi connectivity index (χ0) is 17.5. The van der Waals surface area contributed by atoms with Crippen LogP contribution in [0.5, 0.6) is 5.75 Å². The van der Waals surface area contributed by atoms with Crippen molar-refractivity contribution in [3.05, 3.63) is 58.9 Å². The van der Waals surface area contributed by atoms with Gasteiger partial charge in [-0.15, -0.1) is 0 Å². The van der Waals surface area contributed by atoms with Gasteiger partial charge in [-0.05, 0) is 49.4 Å². The van der Waals surface area contributed by atoms with E-state index in [4.69, 9.17) is 21.1 Å². The second-order valence-corrected chi connectivity index (χ2v) is 5.12. The molecule has 0 fully saturated rings. The third kappa shape index (κ3) is 4.96. The van der Waals surface area contributed by atoms with Crippen LogP contribution in [0.3, 0.4) is 0 Å². The van der Waals surface area contributed by atoms with Gasteiger partial charge in [0.05, 0.1) is 17.2 Å². The van der Waals surface area contributed by atoms with E-state index in [0.717, 1.165) is 6.07 Å². The molecule has 0 aliphatic rings. The van der Waals surface area contributed by atoms with Crippen LogP contribution in [0.2, 0.25) is 5.02 Å². The van der Waals surface area contributed by atoms with Crippen molar-refractivity contribution in [2.45, 2.75) is 6.92 Å². The SMILES string of the molecule is CCOc1ccc(C(=O)OCC(=O)Nc2ccc(F)c(Cl)c2)cc1. The van der Waals surface area contributed by atoms with Gasteiger partial charge in [-0.25, -0.2) is 9.18 Å². The predicted octanol–water partition coefficient (Wildman–Crippen LogP) is 3.67. The zero-order valence-corrected chi connectivity index (χ0v) is 13.6. The number of anilines is 1. The maximum Gasteiger partial charge on any atom is 0.338 e. The molecule has 0 atom stereocenters. The maximum atomic E-state index is 13.0. The minimum Gasteiger partial charge on any atom is -0.494 e. The van der Waals surface area contributed by atoms with Crippen LogP contribution in [-0.2, 0) is 9.53 Å². The summed E-state index contributed by atoms with van der Waals surface area (Å²) >= 11 is 5.62. The van der Waals surface area contributed by atoms with Crippen LogP contribution in [0.15, 0.2) is 42.5 Å².